The molecule has 3 rings (SSSR count). The van der Waals surface area contributed by atoms with Crippen molar-refractivity contribution in [1.29, 1.82) is 0 Å². The number of rotatable bonds is 8. The Bertz CT molecular complexity index is 1310. The number of amides is 1. The lowest BCUT2D eigenvalue weighted by Gasteiger charge is -2.25. The van der Waals surface area contributed by atoms with Crippen molar-refractivity contribution in [3.05, 3.63) is 77.9 Å². The lowest BCUT2D eigenvalue weighted by molar-refractivity contribution is -0.137. The third-order valence-electron chi connectivity index (χ3n) is 5.01. The fourth-order valence-corrected chi connectivity index (χ4v) is 4.91. The van der Waals surface area contributed by atoms with E-state index < -0.39 is 34.2 Å². The molecule has 7 nitrogen and oxygen atoms in total. The number of methoxy groups -OCH3 is 2. The molecule has 0 fully saturated rings. The van der Waals surface area contributed by atoms with Crippen molar-refractivity contribution in [3.8, 4) is 11.5 Å². The number of alkyl halides is 3. The van der Waals surface area contributed by atoms with Crippen LogP contribution in [0.25, 0.3) is 0 Å². The number of carbonyl (C=O) groups is 1. The van der Waals surface area contributed by atoms with Gasteiger partial charge in [-0.1, -0.05) is 12.1 Å². The van der Waals surface area contributed by atoms with Crippen LogP contribution in [0.15, 0.2) is 71.6 Å². The van der Waals surface area contributed by atoms with Crippen LogP contribution >= 0.6 is 0 Å². The summed E-state index contributed by atoms with van der Waals surface area (Å²) in [5, 5.41) is 2.44. The number of ether oxygens (including phenoxy) is 2. The molecule has 0 aliphatic rings. The van der Waals surface area contributed by atoms with E-state index in [0.717, 1.165) is 28.6 Å². The average Bonchev–Trinajstić information content (AvgIpc) is 2.82. The molecule has 0 spiro atoms. The van der Waals surface area contributed by atoms with Crippen molar-refractivity contribution in [3.63, 3.8) is 0 Å². The number of aryl methyl sites for hydroxylation is 1. The number of anilines is 2. The quantitative estimate of drug-likeness (QED) is 0.470. The van der Waals surface area contributed by atoms with Crippen LogP contribution in [0.2, 0.25) is 0 Å². The second kappa shape index (κ2) is 10.3. The zero-order valence-electron chi connectivity index (χ0n) is 19.1. The molecule has 3 aromatic carbocycles. The van der Waals surface area contributed by atoms with Crippen LogP contribution in [-0.2, 0) is 21.0 Å². The zero-order chi connectivity index (χ0) is 25.8. The van der Waals surface area contributed by atoms with Crippen molar-refractivity contribution in [2.75, 3.05) is 30.4 Å². The molecule has 0 saturated heterocycles. The van der Waals surface area contributed by atoms with E-state index >= 15 is 0 Å². The minimum Gasteiger partial charge on any atom is -0.497 e. The molecular formula is C24H23F3N2O5S. The highest BCUT2D eigenvalue weighted by molar-refractivity contribution is 7.93. The Morgan fingerprint density at radius 3 is 2.26 bits per heavy atom. The summed E-state index contributed by atoms with van der Waals surface area (Å²) < 4.78 is 77.1. The number of sulfonamides is 1. The number of nitrogens with one attached hydrogen (secondary N) is 1. The van der Waals surface area contributed by atoms with Crippen LogP contribution in [0.5, 0.6) is 11.5 Å². The number of hydrogen-bond acceptors (Lipinski definition) is 5. The van der Waals surface area contributed by atoms with Gasteiger partial charge in [0.2, 0.25) is 5.91 Å². The standard InChI is InChI=1S/C24H23F3N2O5S/c1-16-7-12-21(34-3)22(13-16)35(31,32)29(19-5-4-6-20(14-19)33-2)15-23(30)28-18-10-8-17(9-11-18)24(25,26)27/h4-14H,15H2,1-3H3,(H,28,30). The van der Waals surface area contributed by atoms with Crippen molar-refractivity contribution in [1.82, 2.24) is 0 Å². The molecule has 1 N–H and O–H groups in total. The SMILES string of the molecule is COc1cccc(N(CC(=O)Nc2ccc(C(F)(F)F)cc2)S(=O)(=O)c2cc(C)ccc2OC)c1. The first-order chi connectivity index (χ1) is 16.5. The van der Waals surface area contributed by atoms with Crippen LogP contribution < -0.4 is 19.1 Å². The number of carbonyl (C=O) groups excluding carboxylic acids is 1. The highest BCUT2D eigenvalue weighted by atomic mass is 32.2. The van der Waals surface area contributed by atoms with Gasteiger partial charge in [0.15, 0.2) is 0 Å². The first kappa shape index (κ1) is 25.9. The van der Waals surface area contributed by atoms with Gasteiger partial charge in [-0.3, -0.25) is 9.10 Å². The Hall–Kier alpha value is -3.73. The summed E-state index contributed by atoms with van der Waals surface area (Å²) >= 11 is 0. The highest BCUT2D eigenvalue weighted by Gasteiger charge is 2.32. The Balaban J connectivity index is 1.98. The lowest BCUT2D eigenvalue weighted by Crippen LogP contribution is -2.38. The van der Waals surface area contributed by atoms with Crippen LogP contribution in [0.1, 0.15) is 11.1 Å². The zero-order valence-corrected chi connectivity index (χ0v) is 19.9. The molecule has 0 unspecified atom stereocenters. The molecule has 0 saturated carbocycles. The van der Waals surface area contributed by atoms with E-state index in [4.69, 9.17) is 9.47 Å². The van der Waals surface area contributed by atoms with E-state index in [1.165, 1.54) is 38.5 Å². The monoisotopic (exact) mass is 508 g/mol. The Morgan fingerprint density at radius 1 is 0.971 bits per heavy atom. The summed E-state index contributed by atoms with van der Waals surface area (Å²) in [6, 6.07) is 14.6. The van der Waals surface area contributed by atoms with Crippen LogP contribution in [-0.4, -0.2) is 35.1 Å². The number of hydrogen-bond donors (Lipinski definition) is 1. The second-order valence-electron chi connectivity index (χ2n) is 7.49. The van der Waals surface area contributed by atoms with E-state index in [-0.39, 0.29) is 22.0 Å². The molecule has 0 aromatic heterocycles. The Kier molecular flexibility index (Phi) is 7.59. The van der Waals surface area contributed by atoms with Gasteiger partial charge >= 0.3 is 6.18 Å². The molecule has 0 aliphatic carbocycles. The maximum atomic E-state index is 13.7. The van der Waals surface area contributed by atoms with E-state index in [9.17, 15) is 26.4 Å². The molecule has 35 heavy (non-hydrogen) atoms. The fraction of sp³-hybridized carbons (Fsp3) is 0.208. The molecule has 11 heteroatoms. The molecule has 0 atom stereocenters. The lowest BCUT2D eigenvalue weighted by atomic mass is 10.2. The Labute approximate surface area is 201 Å². The van der Waals surface area contributed by atoms with Gasteiger partial charge < -0.3 is 14.8 Å². The predicted molar refractivity (Wildman–Crippen MR) is 125 cm³/mol. The summed E-state index contributed by atoms with van der Waals surface area (Å²) in [5.74, 6) is -0.309. The predicted octanol–water partition coefficient (Wildman–Crippen LogP) is 4.87. The summed E-state index contributed by atoms with van der Waals surface area (Å²) in [6.07, 6.45) is -4.52. The van der Waals surface area contributed by atoms with Crippen molar-refractivity contribution in [2.45, 2.75) is 18.0 Å². The molecule has 0 bridgehead atoms. The van der Waals surface area contributed by atoms with Crippen molar-refractivity contribution >= 4 is 27.3 Å². The minimum atomic E-state index is -4.52. The smallest absolute Gasteiger partial charge is 0.416 e. The molecule has 1 amide bonds. The molecule has 186 valence electrons. The first-order valence-electron chi connectivity index (χ1n) is 10.2. The molecular weight excluding hydrogens is 485 g/mol. The second-order valence-corrected chi connectivity index (χ2v) is 9.32. The first-order valence-corrected chi connectivity index (χ1v) is 11.7. The van der Waals surface area contributed by atoms with E-state index in [2.05, 4.69) is 5.32 Å². The average molecular weight is 509 g/mol. The normalized spacial score (nSPS) is 11.6. The largest absolute Gasteiger partial charge is 0.497 e. The van der Waals surface area contributed by atoms with Crippen LogP contribution in [0, 0.1) is 6.92 Å². The van der Waals surface area contributed by atoms with Gasteiger partial charge in [0, 0.05) is 11.8 Å². The summed E-state index contributed by atoms with van der Waals surface area (Å²) in [5.41, 5.74) is 0.0152. The number of halogens is 3. The van der Waals surface area contributed by atoms with Crippen LogP contribution in [0.3, 0.4) is 0 Å². The van der Waals surface area contributed by atoms with E-state index in [0.29, 0.717) is 11.3 Å². The maximum Gasteiger partial charge on any atom is 0.416 e. The summed E-state index contributed by atoms with van der Waals surface area (Å²) in [6.45, 7) is 1.05. The van der Waals surface area contributed by atoms with E-state index in [1.54, 1.807) is 25.1 Å². The molecule has 3 aromatic rings. The highest BCUT2D eigenvalue weighted by Crippen LogP contribution is 2.33. The maximum absolute atomic E-state index is 13.7. The van der Waals surface area contributed by atoms with Crippen molar-refractivity contribution in [2.24, 2.45) is 0 Å². The minimum absolute atomic E-state index is 0.0825. The van der Waals surface area contributed by atoms with Gasteiger partial charge in [0.1, 0.15) is 22.9 Å². The summed E-state index contributed by atoms with van der Waals surface area (Å²) in [4.78, 5) is 12.7. The summed E-state index contributed by atoms with van der Waals surface area (Å²) in [7, 11) is -1.57. The third-order valence-corrected chi connectivity index (χ3v) is 6.81. The third kappa shape index (κ3) is 6.04. The topological polar surface area (TPSA) is 84.9 Å². The number of nitrogens with zero attached hydrogens (tertiary/aromatic N) is 1. The van der Waals surface area contributed by atoms with Gasteiger partial charge in [0.05, 0.1) is 25.5 Å². The van der Waals surface area contributed by atoms with Gasteiger partial charge in [-0.05, 0) is 61.0 Å². The Morgan fingerprint density at radius 2 is 1.66 bits per heavy atom. The van der Waals surface area contributed by atoms with Crippen molar-refractivity contribution < 1.29 is 35.9 Å². The van der Waals surface area contributed by atoms with Gasteiger partial charge in [-0.2, -0.15) is 13.2 Å². The molecule has 0 radical (unpaired) electrons. The van der Waals surface area contributed by atoms with E-state index in [1.807, 2.05) is 0 Å². The van der Waals surface area contributed by atoms with Gasteiger partial charge in [-0.15, -0.1) is 0 Å². The fourth-order valence-electron chi connectivity index (χ4n) is 3.26. The molecule has 0 aliphatic heterocycles. The van der Waals surface area contributed by atoms with Gasteiger partial charge in [-0.25, -0.2) is 8.42 Å². The number of benzene rings is 3. The van der Waals surface area contributed by atoms with Crippen LogP contribution in [0.4, 0.5) is 24.5 Å². The molecule has 0 heterocycles. The van der Waals surface area contributed by atoms with Gasteiger partial charge in [0.25, 0.3) is 10.0 Å².